The van der Waals surface area contributed by atoms with Crippen molar-refractivity contribution >= 4 is 39.4 Å². The molecular formula is C10H18N2O6S2. The van der Waals surface area contributed by atoms with Gasteiger partial charge in [0.1, 0.15) is 18.6 Å². The smallest absolute Gasteiger partial charge is 0.316 e. The third-order valence-corrected chi connectivity index (χ3v) is 4.47. The number of ether oxygens (including phenoxy) is 2. The Morgan fingerprint density at radius 2 is 1.90 bits per heavy atom. The zero-order chi connectivity index (χ0) is 15.5. The normalized spacial score (nSPS) is 13.3. The van der Waals surface area contributed by atoms with E-state index >= 15 is 0 Å². The van der Waals surface area contributed by atoms with Gasteiger partial charge in [-0.2, -0.15) is 0 Å². The minimum atomic E-state index is -1.12. The number of methoxy groups -OCH3 is 1. The highest BCUT2D eigenvalue weighted by atomic mass is 33.1. The highest BCUT2D eigenvalue weighted by Gasteiger charge is 2.24. The minimum Gasteiger partial charge on any atom is -0.484 e. The Bertz CT molecular complexity index is 342. The van der Waals surface area contributed by atoms with Crippen molar-refractivity contribution in [1.82, 2.24) is 0 Å². The maximum atomic E-state index is 10.9. The summed E-state index contributed by atoms with van der Waals surface area (Å²) in [5.74, 6) is -1.85. The van der Waals surface area contributed by atoms with E-state index in [0.717, 1.165) is 0 Å². The molecule has 0 rings (SSSR count). The van der Waals surface area contributed by atoms with Crippen LogP contribution in [0.25, 0.3) is 0 Å². The molecule has 0 aliphatic heterocycles. The Morgan fingerprint density at radius 3 is 2.35 bits per heavy atom. The predicted octanol–water partition coefficient (Wildman–Crippen LogP) is 1.56. The van der Waals surface area contributed by atoms with E-state index < -0.39 is 18.0 Å². The lowest BCUT2D eigenvalue weighted by atomic mass is 10.2. The van der Waals surface area contributed by atoms with E-state index in [9.17, 15) is 4.79 Å². The Labute approximate surface area is 124 Å². The highest BCUT2D eigenvalue weighted by Crippen LogP contribution is 2.26. The van der Waals surface area contributed by atoms with Crippen LogP contribution in [0.3, 0.4) is 0 Å². The molecule has 0 saturated carbocycles. The van der Waals surface area contributed by atoms with Crippen LogP contribution in [-0.4, -0.2) is 59.5 Å². The van der Waals surface area contributed by atoms with Gasteiger partial charge >= 0.3 is 5.97 Å². The first-order valence-electron chi connectivity index (χ1n) is 5.50. The van der Waals surface area contributed by atoms with E-state index in [0.29, 0.717) is 5.75 Å². The number of aliphatic carboxylic acids is 1. The molecule has 0 saturated heterocycles. The number of hydrogen-bond acceptors (Lipinski definition) is 9. The van der Waals surface area contributed by atoms with Gasteiger partial charge in [0.2, 0.25) is 0 Å². The highest BCUT2D eigenvalue weighted by molar-refractivity contribution is 8.76. The monoisotopic (exact) mass is 326 g/mol. The first kappa shape index (κ1) is 19.0. The minimum absolute atomic E-state index is 0.00206. The molecule has 0 heterocycles. The fraction of sp³-hybridized carbons (Fsp3) is 0.700. The molecule has 0 radical (unpaired) electrons. The Morgan fingerprint density at radius 1 is 1.30 bits per heavy atom. The summed E-state index contributed by atoms with van der Waals surface area (Å²) < 4.78 is 9.71. The third-order valence-electron chi connectivity index (χ3n) is 2.01. The van der Waals surface area contributed by atoms with Crippen molar-refractivity contribution in [2.75, 3.05) is 25.2 Å². The van der Waals surface area contributed by atoms with Crippen molar-refractivity contribution < 1.29 is 29.5 Å². The van der Waals surface area contributed by atoms with Crippen LogP contribution in [0.2, 0.25) is 0 Å². The quantitative estimate of drug-likeness (QED) is 0.119. The molecule has 0 aromatic rings. The van der Waals surface area contributed by atoms with Gasteiger partial charge in [-0.05, 0) is 0 Å². The van der Waals surface area contributed by atoms with Crippen LogP contribution in [0.5, 0.6) is 0 Å². The lowest BCUT2D eigenvalue weighted by molar-refractivity contribution is -0.253. The summed E-state index contributed by atoms with van der Waals surface area (Å²) in [6.07, 6.45) is -0.500. The molecule has 0 fully saturated rings. The largest absolute Gasteiger partial charge is 0.484 e. The summed E-state index contributed by atoms with van der Waals surface area (Å²) in [5.41, 5.74) is 0. The van der Waals surface area contributed by atoms with Gasteiger partial charge in [0.15, 0.2) is 11.8 Å². The summed E-state index contributed by atoms with van der Waals surface area (Å²) in [6.45, 7) is 1.38. The average Bonchev–Trinajstić information content (AvgIpc) is 2.36. The van der Waals surface area contributed by atoms with Crippen molar-refractivity contribution in [3.8, 4) is 0 Å². The molecule has 20 heavy (non-hydrogen) atoms. The molecule has 4 N–H and O–H groups in total. The van der Waals surface area contributed by atoms with Crippen LogP contribution in [0, 0.1) is 16.7 Å². The van der Waals surface area contributed by atoms with Crippen LogP contribution in [0.15, 0.2) is 0 Å². The van der Waals surface area contributed by atoms with E-state index in [1.807, 2.05) is 0 Å². The second kappa shape index (κ2) is 10.8. The Kier molecular flexibility index (Phi) is 10.3. The van der Waals surface area contributed by atoms with Crippen LogP contribution in [0.1, 0.15) is 6.92 Å². The number of nitrogens with one attached hydrogen (secondary N) is 2. The van der Waals surface area contributed by atoms with E-state index in [4.69, 9.17) is 25.9 Å². The summed E-state index contributed by atoms with van der Waals surface area (Å²) >= 11 is 0. The van der Waals surface area contributed by atoms with Crippen molar-refractivity contribution in [2.24, 2.45) is 5.92 Å². The summed E-state index contributed by atoms with van der Waals surface area (Å²) in [6, 6.07) is 0. The average molecular weight is 326 g/mol. The molecule has 0 aliphatic rings. The lowest BCUT2D eigenvalue weighted by Gasteiger charge is -2.16. The van der Waals surface area contributed by atoms with Crippen LogP contribution in [-0.2, 0) is 19.2 Å². The van der Waals surface area contributed by atoms with Gasteiger partial charge in [-0.15, -0.1) is 0 Å². The van der Waals surface area contributed by atoms with Crippen molar-refractivity contribution in [2.45, 2.75) is 13.0 Å². The van der Waals surface area contributed by atoms with Crippen LogP contribution >= 0.6 is 21.6 Å². The van der Waals surface area contributed by atoms with Crippen molar-refractivity contribution in [1.29, 1.82) is 10.8 Å². The number of rotatable bonds is 10. The van der Waals surface area contributed by atoms with Crippen LogP contribution < -0.4 is 0 Å². The van der Waals surface area contributed by atoms with E-state index in [-0.39, 0.29) is 24.2 Å². The summed E-state index contributed by atoms with van der Waals surface area (Å²) in [4.78, 5) is 14.9. The van der Waals surface area contributed by atoms with Gasteiger partial charge in [-0.25, -0.2) is 4.89 Å². The fourth-order valence-corrected chi connectivity index (χ4v) is 3.47. The Hall–Kier alpha value is -0.970. The van der Waals surface area contributed by atoms with E-state index in [1.165, 1.54) is 35.6 Å². The third kappa shape index (κ3) is 8.25. The molecule has 0 aliphatic carbocycles. The molecule has 0 amide bonds. The molecule has 0 spiro atoms. The van der Waals surface area contributed by atoms with Gasteiger partial charge < -0.3 is 14.6 Å². The standard InChI is InChI=1S/C10H18N2O6S2/c1-6(11)18-7(3-17-15)4-19-20-5-8(10(13)14)9(12)16-2/h7-8,11-12,15H,3-5H2,1-2H3,(H,13,14). The maximum absolute atomic E-state index is 10.9. The molecule has 0 aromatic carbocycles. The van der Waals surface area contributed by atoms with Gasteiger partial charge in [-0.3, -0.25) is 20.9 Å². The second-order valence-corrected chi connectivity index (χ2v) is 6.17. The molecule has 0 bridgehead atoms. The van der Waals surface area contributed by atoms with Crippen molar-refractivity contribution in [3.63, 3.8) is 0 Å². The first-order chi connectivity index (χ1) is 9.42. The molecule has 2 unspecified atom stereocenters. The number of hydrogen-bond donors (Lipinski definition) is 4. The van der Waals surface area contributed by atoms with E-state index in [1.54, 1.807) is 0 Å². The molecule has 2 atom stereocenters. The SMILES string of the molecule is COC(=N)C(CSSCC(COO)OC(C)=N)C(=O)O. The fourth-order valence-electron chi connectivity index (χ4n) is 1.09. The zero-order valence-electron chi connectivity index (χ0n) is 11.1. The van der Waals surface area contributed by atoms with Gasteiger partial charge in [0.25, 0.3) is 0 Å². The summed E-state index contributed by atoms with van der Waals surface area (Å²) in [5, 5.41) is 31.9. The molecule has 0 aromatic heterocycles. The van der Waals surface area contributed by atoms with Crippen LogP contribution in [0.4, 0.5) is 0 Å². The number of carboxylic acid groups (broad SMARTS) is 1. The van der Waals surface area contributed by atoms with Crippen molar-refractivity contribution in [3.05, 3.63) is 0 Å². The number of carbonyl (C=O) groups is 1. The molecule has 8 nitrogen and oxygen atoms in total. The molecular weight excluding hydrogens is 308 g/mol. The molecule has 116 valence electrons. The topological polar surface area (TPSA) is 133 Å². The van der Waals surface area contributed by atoms with Gasteiger partial charge in [0.05, 0.1) is 7.11 Å². The number of carboxylic acids is 1. The predicted molar refractivity (Wildman–Crippen MR) is 77.6 cm³/mol. The maximum Gasteiger partial charge on any atom is 0.316 e. The molecule has 10 heteroatoms. The van der Waals surface area contributed by atoms with Gasteiger partial charge in [-0.1, -0.05) is 21.6 Å². The second-order valence-electron chi connectivity index (χ2n) is 3.62. The summed E-state index contributed by atoms with van der Waals surface area (Å²) in [7, 11) is 3.80. The van der Waals surface area contributed by atoms with Gasteiger partial charge in [0, 0.05) is 18.4 Å². The Balaban J connectivity index is 4.10. The zero-order valence-corrected chi connectivity index (χ0v) is 12.8. The lowest BCUT2D eigenvalue weighted by Crippen LogP contribution is -2.27. The van der Waals surface area contributed by atoms with E-state index in [2.05, 4.69) is 9.62 Å². The first-order valence-corrected chi connectivity index (χ1v) is 7.99.